The predicted octanol–water partition coefficient (Wildman–Crippen LogP) is 1.66. The van der Waals surface area contributed by atoms with Crippen molar-refractivity contribution >= 4 is 28.6 Å². The number of methoxy groups -OCH3 is 1. The van der Waals surface area contributed by atoms with Crippen molar-refractivity contribution in [1.29, 1.82) is 5.26 Å². The molecule has 0 aromatic heterocycles. The zero-order valence-corrected chi connectivity index (χ0v) is 9.40. The Morgan fingerprint density at radius 3 is 2.79 bits per heavy atom. The predicted molar refractivity (Wildman–Crippen MR) is 56.9 cm³/mol. The van der Waals surface area contributed by atoms with Gasteiger partial charge < -0.3 is 9.84 Å². The lowest BCUT2D eigenvalue weighted by Gasteiger charge is -2.05. The van der Waals surface area contributed by atoms with E-state index in [0.29, 0.717) is 3.57 Å². The number of ether oxygens (including phenoxy) is 1. The van der Waals surface area contributed by atoms with Crippen LogP contribution in [-0.4, -0.2) is 18.2 Å². The molecule has 1 N–H and O–H groups in total. The SMILES string of the molecule is COC(=O)c1c(C#N)ccc(O)c1I. The summed E-state index contributed by atoms with van der Waals surface area (Å²) >= 11 is 1.79. The molecule has 0 amide bonds. The first-order valence-corrected chi connectivity index (χ1v) is 4.69. The van der Waals surface area contributed by atoms with Gasteiger partial charge in [0.15, 0.2) is 0 Å². The first-order valence-electron chi connectivity index (χ1n) is 3.61. The molecule has 0 atom stereocenters. The highest BCUT2D eigenvalue weighted by Crippen LogP contribution is 2.26. The normalized spacial score (nSPS) is 9.21. The highest BCUT2D eigenvalue weighted by atomic mass is 127. The number of nitrogens with zero attached hydrogens (tertiary/aromatic N) is 1. The minimum absolute atomic E-state index is 0.0370. The Kier molecular flexibility index (Phi) is 3.30. The lowest BCUT2D eigenvalue weighted by Crippen LogP contribution is -2.06. The van der Waals surface area contributed by atoms with Crippen molar-refractivity contribution in [2.75, 3.05) is 7.11 Å². The summed E-state index contributed by atoms with van der Waals surface area (Å²) in [5.74, 6) is -0.660. The molecule has 5 heteroatoms. The molecule has 14 heavy (non-hydrogen) atoms. The van der Waals surface area contributed by atoms with Gasteiger partial charge in [0, 0.05) is 0 Å². The van der Waals surface area contributed by atoms with Crippen molar-refractivity contribution < 1.29 is 14.6 Å². The van der Waals surface area contributed by atoms with Crippen LogP contribution in [-0.2, 0) is 4.74 Å². The van der Waals surface area contributed by atoms with E-state index in [-0.39, 0.29) is 16.9 Å². The number of carbonyl (C=O) groups is 1. The molecule has 1 rings (SSSR count). The third-order valence-corrected chi connectivity index (χ3v) is 2.72. The van der Waals surface area contributed by atoms with E-state index in [1.165, 1.54) is 19.2 Å². The van der Waals surface area contributed by atoms with Crippen LogP contribution in [0.15, 0.2) is 12.1 Å². The van der Waals surface area contributed by atoms with E-state index >= 15 is 0 Å². The molecular formula is C9H6INO3. The van der Waals surface area contributed by atoms with Gasteiger partial charge >= 0.3 is 5.97 Å². The second kappa shape index (κ2) is 4.28. The molecule has 0 fully saturated rings. The molecule has 1 aromatic rings. The van der Waals surface area contributed by atoms with Gasteiger partial charge in [-0.1, -0.05) is 0 Å². The number of carbonyl (C=O) groups excluding carboxylic acids is 1. The number of halogens is 1. The zero-order chi connectivity index (χ0) is 10.7. The number of benzene rings is 1. The molecule has 1 aromatic carbocycles. The van der Waals surface area contributed by atoms with Gasteiger partial charge in [-0.25, -0.2) is 4.79 Å². The van der Waals surface area contributed by atoms with Crippen molar-refractivity contribution in [2.24, 2.45) is 0 Å². The maximum absolute atomic E-state index is 11.3. The molecule has 0 saturated heterocycles. The van der Waals surface area contributed by atoms with Gasteiger partial charge in [0.25, 0.3) is 0 Å². The Morgan fingerprint density at radius 1 is 1.64 bits per heavy atom. The summed E-state index contributed by atoms with van der Waals surface area (Å²) in [5, 5.41) is 18.1. The smallest absolute Gasteiger partial charge is 0.340 e. The van der Waals surface area contributed by atoms with Crippen LogP contribution in [0, 0.1) is 14.9 Å². The molecular weight excluding hydrogens is 297 g/mol. The number of aromatic hydroxyl groups is 1. The lowest BCUT2D eigenvalue weighted by atomic mass is 10.1. The van der Waals surface area contributed by atoms with Crippen molar-refractivity contribution in [1.82, 2.24) is 0 Å². The van der Waals surface area contributed by atoms with Crippen LogP contribution in [0.4, 0.5) is 0 Å². The van der Waals surface area contributed by atoms with Crippen molar-refractivity contribution in [3.63, 3.8) is 0 Å². The quantitative estimate of drug-likeness (QED) is 0.632. The number of hydrogen-bond acceptors (Lipinski definition) is 4. The highest BCUT2D eigenvalue weighted by molar-refractivity contribution is 14.1. The minimum atomic E-state index is -0.623. The van der Waals surface area contributed by atoms with Crippen molar-refractivity contribution in [3.8, 4) is 11.8 Å². The Hall–Kier alpha value is -1.29. The van der Waals surface area contributed by atoms with E-state index in [1.54, 1.807) is 22.6 Å². The van der Waals surface area contributed by atoms with E-state index in [4.69, 9.17) is 5.26 Å². The fourth-order valence-corrected chi connectivity index (χ4v) is 1.65. The minimum Gasteiger partial charge on any atom is -0.507 e. The largest absolute Gasteiger partial charge is 0.507 e. The number of phenols is 1. The summed E-state index contributed by atoms with van der Waals surface area (Å²) in [6.45, 7) is 0. The van der Waals surface area contributed by atoms with E-state index < -0.39 is 5.97 Å². The molecule has 0 aliphatic carbocycles. The number of esters is 1. The van der Waals surface area contributed by atoms with Gasteiger partial charge in [-0.05, 0) is 34.7 Å². The highest BCUT2D eigenvalue weighted by Gasteiger charge is 2.18. The molecule has 0 aliphatic heterocycles. The fraction of sp³-hybridized carbons (Fsp3) is 0.111. The maximum Gasteiger partial charge on any atom is 0.340 e. The van der Waals surface area contributed by atoms with Crippen molar-refractivity contribution in [3.05, 3.63) is 26.8 Å². The topological polar surface area (TPSA) is 70.3 Å². The number of nitriles is 1. The molecule has 0 aliphatic rings. The van der Waals surface area contributed by atoms with E-state index in [9.17, 15) is 9.90 Å². The monoisotopic (exact) mass is 303 g/mol. The first-order chi connectivity index (χ1) is 6.61. The summed E-state index contributed by atoms with van der Waals surface area (Å²) in [6, 6.07) is 4.61. The molecule has 0 heterocycles. The van der Waals surface area contributed by atoms with E-state index in [1.807, 2.05) is 6.07 Å². The Morgan fingerprint density at radius 2 is 2.29 bits per heavy atom. The van der Waals surface area contributed by atoms with Crippen LogP contribution in [0.2, 0.25) is 0 Å². The van der Waals surface area contributed by atoms with Crippen LogP contribution in [0.25, 0.3) is 0 Å². The van der Waals surface area contributed by atoms with Gasteiger partial charge in [-0.15, -0.1) is 0 Å². The first kappa shape index (κ1) is 10.8. The average Bonchev–Trinajstić information content (AvgIpc) is 2.20. The van der Waals surface area contributed by atoms with Crippen LogP contribution in [0.3, 0.4) is 0 Å². The Balaban J connectivity index is 3.45. The summed E-state index contributed by atoms with van der Waals surface area (Å²) in [6.07, 6.45) is 0. The molecule has 0 unspecified atom stereocenters. The van der Waals surface area contributed by atoms with Crippen LogP contribution >= 0.6 is 22.6 Å². The summed E-state index contributed by atoms with van der Waals surface area (Å²) < 4.78 is 4.84. The maximum atomic E-state index is 11.3. The molecule has 0 bridgehead atoms. The lowest BCUT2D eigenvalue weighted by molar-refractivity contribution is 0.0598. The number of phenolic OH excluding ortho intramolecular Hbond substituents is 1. The molecule has 0 saturated carbocycles. The average molecular weight is 303 g/mol. The fourth-order valence-electron chi connectivity index (χ4n) is 0.960. The van der Waals surface area contributed by atoms with Crippen molar-refractivity contribution in [2.45, 2.75) is 0 Å². The molecule has 72 valence electrons. The van der Waals surface area contributed by atoms with Crippen LogP contribution in [0.5, 0.6) is 5.75 Å². The third-order valence-electron chi connectivity index (χ3n) is 1.63. The molecule has 0 radical (unpaired) electrons. The van der Waals surface area contributed by atoms with E-state index in [2.05, 4.69) is 4.74 Å². The number of hydrogen-bond donors (Lipinski definition) is 1. The van der Waals surface area contributed by atoms with Crippen LogP contribution < -0.4 is 0 Å². The number of rotatable bonds is 1. The Bertz CT molecular complexity index is 423. The summed E-state index contributed by atoms with van der Waals surface area (Å²) in [7, 11) is 1.23. The molecule has 0 spiro atoms. The second-order valence-electron chi connectivity index (χ2n) is 2.42. The van der Waals surface area contributed by atoms with Gasteiger partial charge in [0.1, 0.15) is 11.8 Å². The summed E-state index contributed by atoms with van der Waals surface area (Å²) in [5.41, 5.74) is 0.301. The van der Waals surface area contributed by atoms with Gasteiger partial charge in [0.2, 0.25) is 0 Å². The zero-order valence-electron chi connectivity index (χ0n) is 7.24. The van der Waals surface area contributed by atoms with Gasteiger partial charge in [-0.2, -0.15) is 5.26 Å². The third kappa shape index (κ3) is 1.80. The van der Waals surface area contributed by atoms with Gasteiger partial charge in [-0.3, -0.25) is 0 Å². The summed E-state index contributed by atoms with van der Waals surface area (Å²) in [4.78, 5) is 11.3. The standard InChI is InChI=1S/C9H6INO3/c1-14-9(13)7-5(4-11)2-3-6(12)8(7)10/h2-3,12H,1H3. The van der Waals surface area contributed by atoms with E-state index in [0.717, 1.165) is 0 Å². The Labute approximate surface area is 94.2 Å². The second-order valence-corrected chi connectivity index (χ2v) is 3.50. The van der Waals surface area contributed by atoms with Crippen LogP contribution in [0.1, 0.15) is 15.9 Å². The molecule has 4 nitrogen and oxygen atoms in total. The van der Waals surface area contributed by atoms with Gasteiger partial charge in [0.05, 0.1) is 21.8 Å².